The van der Waals surface area contributed by atoms with E-state index in [-0.39, 0.29) is 0 Å². The molecule has 4 heteroatoms. The number of furan rings is 1. The van der Waals surface area contributed by atoms with Crippen molar-refractivity contribution in [2.45, 2.75) is 19.8 Å². The Morgan fingerprint density at radius 3 is 2.45 bits per heavy atom. The van der Waals surface area contributed by atoms with Crippen LogP contribution >= 0.6 is 11.6 Å². The summed E-state index contributed by atoms with van der Waals surface area (Å²) in [6.45, 7) is 4.44. The van der Waals surface area contributed by atoms with Crippen LogP contribution in [0.15, 0.2) is 71.3 Å². The Bertz CT molecular complexity index is 1250. The molecule has 31 heavy (non-hydrogen) atoms. The lowest BCUT2D eigenvalue weighted by Gasteiger charge is -2.29. The lowest BCUT2D eigenvalue weighted by atomic mass is 9.99. The number of fused-ring (bicyclic) bond motifs is 1. The van der Waals surface area contributed by atoms with E-state index in [2.05, 4.69) is 40.8 Å². The van der Waals surface area contributed by atoms with Crippen LogP contribution in [-0.4, -0.2) is 18.1 Å². The minimum absolute atomic E-state index is 0.728. The lowest BCUT2D eigenvalue weighted by molar-refractivity contribution is 0.421. The number of benzene rings is 2. The van der Waals surface area contributed by atoms with Gasteiger partial charge in [0.1, 0.15) is 11.3 Å². The smallest absolute Gasteiger partial charge is 0.196 e. The van der Waals surface area contributed by atoms with Gasteiger partial charge in [-0.15, -0.1) is 0 Å². The molecule has 0 saturated carbocycles. The van der Waals surface area contributed by atoms with Gasteiger partial charge in [0.2, 0.25) is 0 Å². The summed E-state index contributed by atoms with van der Waals surface area (Å²) in [4.78, 5) is 6.84. The summed E-state index contributed by atoms with van der Waals surface area (Å²) < 4.78 is 6.08. The van der Waals surface area contributed by atoms with Gasteiger partial charge in [0.05, 0.1) is 0 Å². The van der Waals surface area contributed by atoms with E-state index in [9.17, 15) is 0 Å². The maximum absolute atomic E-state index is 6.08. The van der Waals surface area contributed by atoms with E-state index >= 15 is 0 Å². The Balaban J connectivity index is 1.33. The third-order valence-corrected chi connectivity index (χ3v) is 6.13. The molecule has 0 N–H and O–H groups in total. The summed E-state index contributed by atoms with van der Waals surface area (Å²) in [5.41, 5.74) is 4.73. The normalized spacial score (nSPS) is 14.5. The van der Waals surface area contributed by atoms with Crippen LogP contribution in [0.5, 0.6) is 0 Å². The Morgan fingerprint density at radius 1 is 0.935 bits per heavy atom. The van der Waals surface area contributed by atoms with Gasteiger partial charge < -0.3 is 9.32 Å². The Morgan fingerprint density at radius 2 is 1.71 bits per heavy atom. The molecule has 5 rings (SSSR count). The van der Waals surface area contributed by atoms with Crippen LogP contribution in [0.4, 0.5) is 5.88 Å². The zero-order chi connectivity index (χ0) is 21.2. The van der Waals surface area contributed by atoms with Gasteiger partial charge in [-0.3, -0.25) is 0 Å². The van der Waals surface area contributed by atoms with Crippen LogP contribution in [0.3, 0.4) is 0 Å². The number of hydrogen-bond acceptors (Lipinski definition) is 3. The molecule has 0 aliphatic carbocycles. The maximum Gasteiger partial charge on any atom is 0.196 e. The Hall–Kier alpha value is -3.22. The van der Waals surface area contributed by atoms with Crippen molar-refractivity contribution < 1.29 is 4.42 Å². The van der Waals surface area contributed by atoms with Crippen LogP contribution < -0.4 is 4.90 Å². The molecule has 0 unspecified atom stereocenters. The van der Waals surface area contributed by atoms with Crippen LogP contribution in [0.1, 0.15) is 31.0 Å². The molecule has 154 valence electrons. The van der Waals surface area contributed by atoms with Crippen LogP contribution in [0.25, 0.3) is 22.1 Å². The number of piperidine rings is 1. The molecule has 1 aliphatic rings. The van der Waals surface area contributed by atoms with Crippen molar-refractivity contribution in [1.29, 1.82) is 0 Å². The van der Waals surface area contributed by atoms with Gasteiger partial charge in [-0.25, -0.2) is 4.98 Å². The second kappa shape index (κ2) is 8.49. The van der Waals surface area contributed by atoms with Crippen LogP contribution in [0.2, 0.25) is 5.02 Å². The van der Waals surface area contributed by atoms with Crippen molar-refractivity contribution in [2.24, 2.45) is 5.92 Å². The van der Waals surface area contributed by atoms with E-state index in [4.69, 9.17) is 16.0 Å². The van der Waals surface area contributed by atoms with E-state index in [0.29, 0.717) is 0 Å². The van der Waals surface area contributed by atoms with Crippen molar-refractivity contribution in [3.63, 3.8) is 0 Å². The van der Waals surface area contributed by atoms with Crippen molar-refractivity contribution in [2.75, 3.05) is 18.0 Å². The molecule has 3 heterocycles. The van der Waals surface area contributed by atoms with Gasteiger partial charge in [0.25, 0.3) is 0 Å². The number of halogens is 1. The molecule has 0 radical (unpaired) electrons. The quantitative estimate of drug-likeness (QED) is 0.330. The van der Waals surface area contributed by atoms with Gasteiger partial charge in [-0.05, 0) is 66.6 Å². The molecular weight excluding hydrogens is 404 g/mol. The van der Waals surface area contributed by atoms with E-state index in [0.717, 1.165) is 63.3 Å². The minimum atomic E-state index is 0.728. The average molecular weight is 427 g/mol. The topological polar surface area (TPSA) is 29.3 Å². The zero-order valence-corrected chi connectivity index (χ0v) is 18.2. The summed E-state index contributed by atoms with van der Waals surface area (Å²) in [5.74, 6) is 8.16. The summed E-state index contributed by atoms with van der Waals surface area (Å²) in [6, 6.07) is 20.0. The molecule has 1 saturated heterocycles. The molecule has 0 atom stereocenters. The van der Waals surface area contributed by atoms with Crippen LogP contribution in [0, 0.1) is 17.8 Å². The fourth-order valence-corrected chi connectivity index (χ4v) is 4.04. The van der Waals surface area contributed by atoms with Gasteiger partial charge in [0, 0.05) is 46.9 Å². The molecule has 1 aliphatic heterocycles. The van der Waals surface area contributed by atoms with Gasteiger partial charge in [-0.1, -0.05) is 42.6 Å². The second-order valence-electron chi connectivity index (χ2n) is 8.20. The number of nitrogens with zero attached hydrogens (tertiary/aromatic N) is 2. The molecule has 1 fully saturated rings. The molecular formula is C27H23ClN2O. The second-order valence-corrected chi connectivity index (χ2v) is 8.63. The first-order chi connectivity index (χ1) is 15.1. The standard InChI is InChI=1S/C27H23ClN2O/c1-19-12-14-30(15-13-19)27-17-23-16-20(3-11-26(23)31-27)2-9-25-10-6-22(18-29-25)21-4-7-24(28)8-5-21/h3-8,10-11,16-19H,12-15H2,1H3. The highest BCUT2D eigenvalue weighted by atomic mass is 35.5. The predicted molar refractivity (Wildman–Crippen MR) is 127 cm³/mol. The largest absolute Gasteiger partial charge is 0.441 e. The van der Waals surface area contributed by atoms with Gasteiger partial charge in [-0.2, -0.15) is 0 Å². The summed E-state index contributed by atoms with van der Waals surface area (Å²) in [6.07, 6.45) is 4.29. The maximum atomic E-state index is 6.08. The third kappa shape index (κ3) is 4.45. The highest BCUT2D eigenvalue weighted by Crippen LogP contribution is 2.30. The minimum Gasteiger partial charge on any atom is -0.441 e. The summed E-state index contributed by atoms with van der Waals surface area (Å²) in [5, 5.41) is 1.82. The van der Waals surface area contributed by atoms with E-state index < -0.39 is 0 Å². The Labute approximate surface area is 187 Å². The predicted octanol–water partition coefficient (Wildman–Crippen LogP) is 6.78. The van der Waals surface area contributed by atoms with Crippen molar-refractivity contribution in [3.05, 3.63) is 83.1 Å². The van der Waals surface area contributed by atoms with E-state index in [1.165, 1.54) is 12.8 Å². The monoisotopic (exact) mass is 426 g/mol. The first-order valence-corrected chi connectivity index (χ1v) is 11.0. The molecule has 3 nitrogen and oxygen atoms in total. The van der Waals surface area contributed by atoms with E-state index in [1.807, 2.05) is 54.7 Å². The molecule has 0 amide bonds. The first-order valence-electron chi connectivity index (χ1n) is 10.7. The molecule has 2 aromatic heterocycles. The van der Waals surface area contributed by atoms with E-state index in [1.54, 1.807) is 0 Å². The van der Waals surface area contributed by atoms with Crippen molar-refractivity contribution >= 4 is 28.5 Å². The number of aromatic nitrogens is 1. The third-order valence-electron chi connectivity index (χ3n) is 5.87. The molecule has 4 aromatic rings. The van der Waals surface area contributed by atoms with Crippen molar-refractivity contribution in [1.82, 2.24) is 4.98 Å². The fourth-order valence-electron chi connectivity index (χ4n) is 3.91. The van der Waals surface area contributed by atoms with Gasteiger partial charge in [0.15, 0.2) is 5.88 Å². The number of anilines is 1. The summed E-state index contributed by atoms with van der Waals surface area (Å²) in [7, 11) is 0. The highest BCUT2D eigenvalue weighted by molar-refractivity contribution is 6.30. The average Bonchev–Trinajstić information content (AvgIpc) is 3.22. The SMILES string of the molecule is CC1CCN(c2cc3cc(C#Cc4ccc(-c5ccc(Cl)cc5)cn4)ccc3o2)CC1. The molecule has 2 aromatic carbocycles. The van der Waals surface area contributed by atoms with Gasteiger partial charge >= 0.3 is 0 Å². The summed E-state index contributed by atoms with van der Waals surface area (Å²) >= 11 is 5.96. The number of pyridine rings is 1. The number of rotatable bonds is 2. The fraction of sp³-hybridized carbons (Fsp3) is 0.222. The molecule has 0 spiro atoms. The molecule has 0 bridgehead atoms. The highest BCUT2D eigenvalue weighted by Gasteiger charge is 2.18. The van der Waals surface area contributed by atoms with Crippen molar-refractivity contribution in [3.8, 4) is 23.0 Å². The van der Waals surface area contributed by atoms with Crippen LogP contribution in [-0.2, 0) is 0 Å². The zero-order valence-electron chi connectivity index (χ0n) is 17.4. The first kappa shape index (κ1) is 19.7. The Kier molecular flexibility index (Phi) is 5.40. The number of hydrogen-bond donors (Lipinski definition) is 0. The lowest BCUT2D eigenvalue weighted by Crippen LogP contribution is -2.32.